The largest absolute Gasteiger partial charge is 0.480 e. The van der Waals surface area contributed by atoms with Gasteiger partial charge < -0.3 is 25.9 Å². The summed E-state index contributed by atoms with van der Waals surface area (Å²) in [6.45, 7) is 8.76. The molecule has 10 nitrogen and oxygen atoms in total. The average Bonchev–Trinajstić information content (AvgIpc) is 3.20. The molecule has 5 N–H and O–H groups in total. The van der Waals surface area contributed by atoms with E-state index in [4.69, 9.17) is 20.8 Å². The molecule has 4 saturated carbocycles. The molecule has 0 radical (unpaired) electrons. The molecule has 0 spiro atoms. The Balaban J connectivity index is 1.21. The van der Waals surface area contributed by atoms with Crippen molar-refractivity contribution in [2.75, 3.05) is 19.6 Å². The van der Waals surface area contributed by atoms with Gasteiger partial charge in [0.1, 0.15) is 5.54 Å². The summed E-state index contributed by atoms with van der Waals surface area (Å²) in [6.07, 6.45) is 4.73. The maximum absolute atomic E-state index is 13.3. The summed E-state index contributed by atoms with van der Waals surface area (Å²) < 4.78 is 42.0. The quantitative estimate of drug-likeness (QED) is 0.386. The van der Waals surface area contributed by atoms with Crippen molar-refractivity contribution in [2.24, 2.45) is 34.6 Å². The first-order chi connectivity index (χ1) is 16.2. The number of rotatable bonds is 9. The molecule has 0 unspecified atom stereocenters. The van der Waals surface area contributed by atoms with Crippen LogP contribution in [-0.2, 0) is 24.3 Å². The minimum atomic E-state index is -3.84. The van der Waals surface area contributed by atoms with Gasteiger partial charge in [0.05, 0.1) is 11.7 Å². The fourth-order valence-corrected chi connectivity index (χ4v) is 9.47. The van der Waals surface area contributed by atoms with Gasteiger partial charge in [0, 0.05) is 37.6 Å². The number of carbonyl (C=O) groups is 1. The van der Waals surface area contributed by atoms with E-state index >= 15 is 0 Å². The Bertz CT molecular complexity index is 983. The predicted molar refractivity (Wildman–Crippen MR) is 131 cm³/mol. The second-order valence-electron chi connectivity index (χ2n) is 12.3. The SMILES string of the molecule is CCN([C@@H]1C[C@H]1N)S(=O)(=O)N1C[C@H](CCCB2O[C@H]3C[C@H]4C[C@H](C4(C)C)[C@@]3(C)O2)[C@](N)(C(=O)O)C1. The van der Waals surface area contributed by atoms with Crippen LogP contribution < -0.4 is 11.5 Å². The van der Waals surface area contributed by atoms with Crippen LogP contribution in [0, 0.1) is 23.2 Å². The van der Waals surface area contributed by atoms with Crippen LogP contribution in [0.2, 0.25) is 6.32 Å². The van der Waals surface area contributed by atoms with E-state index in [9.17, 15) is 18.3 Å². The van der Waals surface area contributed by atoms with E-state index in [2.05, 4.69) is 20.8 Å². The molecule has 0 aromatic rings. The zero-order valence-corrected chi connectivity index (χ0v) is 22.2. The van der Waals surface area contributed by atoms with E-state index in [1.165, 1.54) is 15.0 Å². The molecule has 35 heavy (non-hydrogen) atoms. The van der Waals surface area contributed by atoms with Crippen molar-refractivity contribution in [3.05, 3.63) is 0 Å². The fourth-order valence-electron chi connectivity index (χ4n) is 7.52. The van der Waals surface area contributed by atoms with E-state index in [0.717, 1.165) is 6.42 Å². The fraction of sp³-hybridized carbons (Fsp3) is 0.957. The Morgan fingerprint density at radius 2 is 1.94 bits per heavy atom. The molecule has 2 saturated heterocycles. The third-order valence-corrected chi connectivity index (χ3v) is 12.1. The predicted octanol–water partition coefficient (Wildman–Crippen LogP) is 0.875. The first kappa shape index (κ1) is 25.9. The summed E-state index contributed by atoms with van der Waals surface area (Å²) in [5, 5.41) is 9.92. The van der Waals surface area contributed by atoms with Gasteiger partial charge in [-0.2, -0.15) is 17.0 Å². The van der Waals surface area contributed by atoms with E-state index in [-0.39, 0.29) is 49.4 Å². The minimum Gasteiger partial charge on any atom is -0.480 e. The molecule has 6 rings (SSSR count). The Labute approximate surface area is 209 Å². The summed E-state index contributed by atoms with van der Waals surface area (Å²) in [5.41, 5.74) is 10.6. The zero-order chi connectivity index (χ0) is 25.6. The molecule has 4 aliphatic carbocycles. The van der Waals surface area contributed by atoms with Crippen LogP contribution in [0.15, 0.2) is 0 Å². The van der Waals surface area contributed by atoms with Crippen LogP contribution in [-0.4, -0.2) is 84.2 Å². The number of hydrogen-bond acceptors (Lipinski definition) is 7. The van der Waals surface area contributed by atoms with Crippen molar-refractivity contribution >= 4 is 23.3 Å². The maximum Gasteiger partial charge on any atom is 0.457 e. The van der Waals surface area contributed by atoms with Gasteiger partial charge in [-0.1, -0.05) is 27.2 Å². The summed E-state index contributed by atoms with van der Waals surface area (Å²) >= 11 is 0. The normalized spacial score (nSPS) is 44.4. The topological polar surface area (TPSA) is 148 Å². The molecule has 12 heteroatoms. The van der Waals surface area contributed by atoms with E-state index in [1.54, 1.807) is 6.92 Å². The van der Waals surface area contributed by atoms with Crippen molar-refractivity contribution < 1.29 is 27.6 Å². The molecular weight excluding hydrogens is 471 g/mol. The lowest BCUT2D eigenvalue weighted by atomic mass is 9.43. The molecule has 2 heterocycles. The van der Waals surface area contributed by atoms with Gasteiger partial charge in [0.25, 0.3) is 10.2 Å². The third kappa shape index (κ3) is 3.90. The molecule has 198 valence electrons. The maximum atomic E-state index is 13.3. The molecule has 0 aromatic heterocycles. The van der Waals surface area contributed by atoms with Gasteiger partial charge in [0.15, 0.2) is 0 Å². The molecule has 6 fully saturated rings. The minimum absolute atomic E-state index is 0.0915. The van der Waals surface area contributed by atoms with Crippen LogP contribution in [0.25, 0.3) is 0 Å². The number of carboxylic acid groups (broad SMARTS) is 1. The summed E-state index contributed by atoms with van der Waals surface area (Å²) in [6, 6.07) is -0.391. The van der Waals surface area contributed by atoms with Crippen molar-refractivity contribution in [1.29, 1.82) is 0 Å². The smallest absolute Gasteiger partial charge is 0.457 e. The van der Waals surface area contributed by atoms with Gasteiger partial charge in [0.2, 0.25) is 0 Å². The third-order valence-electron chi connectivity index (χ3n) is 10.1. The van der Waals surface area contributed by atoms with Crippen molar-refractivity contribution in [2.45, 2.75) is 95.4 Å². The number of carboxylic acids is 1. The first-order valence-electron chi connectivity index (χ1n) is 13.1. The monoisotopic (exact) mass is 512 g/mol. The zero-order valence-electron chi connectivity index (χ0n) is 21.4. The standard InChI is InChI=1S/C23H41BN4O6S/c1-5-28(17-11-16(17)25)35(31,32)27-12-14(23(26,13-27)20(29)30)7-6-8-24-33-19-10-15-9-18(21(15,2)3)22(19,4)34-24/h14-19H,5-13,25-26H2,1-4H3,(H,29,30)/t14-,15+,16+,17+,18+,19-,22+,23-/m0/s1. The lowest BCUT2D eigenvalue weighted by molar-refractivity contribution is -0.199. The second-order valence-corrected chi connectivity index (χ2v) is 14.2. The van der Waals surface area contributed by atoms with Gasteiger partial charge in [-0.3, -0.25) is 4.79 Å². The van der Waals surface area contributed by atoms with Crippen molar-refractivity contribution in [3.8, 4) is 0 Å². The highest BCUT2D eigenvalue weighted by atomic mass is 32.2. The van der Waals surface area contributed by atoms with Crippen LogP contribution in [0.3, 0.4) is 0 Å². The molecular formula is C23H41BN4O6S. The number of hydrogen-bond donors (Lipinski definition) is 3. The lowest BCUT2D eigenvalue weighted by Crippen LogP contribution is -2.65. The van der Waals surface area contributed by atoms with Gasteiger partial charge in [-0.15, -0.1) is 0 Å². The van der Waals surface area contributed by atoms with E-state index in [1.807, 2.05) is 0 Å². The van der Waals surface area contributed by atoms with Crippen molar-refractivity contribution in [1.82, 2.24) is 8.61 Å². The van der Waals surface area contributed by atoms with E-state index < -0.39 is 27.6 Å². The average molecular weight is 512 g/mol. The highest BCUT2D eigenvalue weighted by Crippen LogP contribution is 2.65. The van der Waals surface area contributed by atoms with Crippen LogP contribution in [0.1, 0.15) is 59.8 Å². The summed E-state index contributed by atoms with van der Waals surface area (Å²) in [5.74, 6) is -0.490. The number of likely N-dealkylation sites (N-methyl/N-ethyl adjacent to an activating group) is 1. The summed E-state index contributed by atoms with van der Waals surface area (Å²) in [7, 11) is -4.15. The Morgan fingerprint density at radius 1 is 1.26 bits per heavy atom. The van der Waals surface area contributed by atoms with Crippen LogP contribution in [0.5, 0.6) is 0 Å². The second kappa shape index (κ2) is 8.37. The molecule has 2 aliphatic heterocycles. The first-order valence-corrected chi connectivity index (χ1v) is 14.5. The van der Waals surface area contributed by atoms with Crippen molar-refractivity contribution in [3.63, 3.8) is 0 Å². The summed E-state index contributed by atoms with van der Waals surface area (Å²) in [4.78, 5) is 12.1. The molecule has 0 aromatic carbocycles. The number of nitrogens with zero attached hydrogens (tertiary/aromatic N) is 2. The Morgan fingerprint density at radius 3 is 2.51 bits per heavy atom. The van der Waals surface area contributed by atoms with E-state index in [0.29, 0.717) is 44.0 Å². The molecule has 0 amide bonds. The van der Waals surface area contributed by atoms with Gasteiger partial charge in [-0.05, 0) is 56.2 Å². The lowest BCUT2D eigenvalue weighted by Gasteiger charge is -2.64. The molecule has 8 atom stereocenters. The highest BCUT2D eigenvalue weighted by Gasteiger charge is 2.67. The Hall–Kier alpha value is -0.755. The van der Waals surface area contributed by atoms with Gasteiger partial charge in [-0.25, -0.2) is 0 Å². The molecule has 6 aliphatic rings. The Kier molecular flexibility index (Phi) is 6.19. The number of nitrogens with two attached hydrogens (primary N) is 2. The van der Waals surface area contributed by atoms with Crippen LogP contribution in [0.4, 0.5) is 0 Å². The van der Waals surface area contributed by atoms with Crippen LogP contribution >= 0.6 is 0 Å². The molecule has 2 bridgehead atoms. The number of aliphatic carboxylic acids is 1. The highest BCUT2D eigenvalue weighted by molar-refractivity contribution is 7.86. The van der Waals surface area contributed by atoms with Gasteiger partial charge >= 0.3 is 13.1 Å².